The number of halogens is 5. The summed E-state index contributed by atoms with van der Waals surface area (Å²) in [5.41, 5.74) is 0.535. The van der Waals surface area contributed by atoms with Gasteiger partial charge in [0.15, 0.2) is 5.82 Å². The third-order valence-corrected chi connectivity index (χ3v) is 7.13. The van der Waals surface area contributed by atoms with Crippen LogP contribution in [0.2, 0.25) is 5.02 Å². The zero-order valence-electron chi connectivity index (χ0n) is 22.0. The summed E-state index contributed by atoms with van der Waals surface area (Å²) in [4.78, 5) is 27.5. The van der Waals surface area contributed by atoms with Gasteiger partial charge in [0.05, 0.1) is 46.0 Å². The van der Waals surface area contributed by atoms with E-state index in [1.54, 1.807) is 10.6 Å². The molecule has 1 atom stereocenters. The fourth-order valence-corrected chi connectivity index (χ4v) is 4.75. The van der Waals surface area contributed by atoms with Gasteiger partial charge in [0.1, 0.15) is 35.6 Å². The van der Waals surface area contributed by atoms with E-state index in [2.05, 4.69) is 19.9 Å². The average Bonchev–Trinajstić information content (AvgIpc) is 3.28. The molecule has 0 bridgehead atoms. The van der Waals surface area contributed by atoms with Crippen LogP contribution < -0.4 is 4.74 Å². The number of rotatable bonds is 9. The number of carboxylic acid groups (broad SMARTS) is 1. The Hall–Kier alpha value is -4.62. The molecule has 1 unspecified atom stereocenters. The van der Waals surface area contributed by atoms with Gasteiger partial charge in [-0.15, -0.1) is 0 Å². The zero-order valence-corrected chi connectivity index (χ0v) is 22.8. The molecule has 0 radical (unpaired) electrons. The van der Waals surface area contributed by atoms with E-state index in [4.69, 9.17) is 21.1 Å². The summed E-state index contributed by atoms with van der Waals surface area (Å²) in [5, 5.41) is 9.50. The fraction of sp³-hybridized carbons (Fsp3) is 0.207. The van der Waals surface area contributed by atoms with Gasteiger partial charge in [-0.05, 0) is 48.4 Å². The normalized spacial score (nSPS) is 14.6. The first kappa shape index (κ1) is 28.5. The Balaban J connectivity index is 1.29. The van der Waals surface area contributed by atoms with E-state index in [1.165, 1.54) is 18.3 Å². The lowest BCUT2D eigenvalue weighted by atomic mass is 10.1. The Morgan fingerprint density at radius 3 is 2.56 bits per heavy atom. The van der Waals surface area contributed by atoms with E-state index in [0.29, 0.717) is 30.0 Å². The highest BCUT2D eigenvalue weighted by atomic mass is 35.5. The quantitative estimate of drug-likeness (QED) is 0.209. The molecule has 6 rings (SSSR count). The molecule has 3 aromatic heterocycles. The third kappa shape index (κ3) is 5.86. The van der Waals surface area contributed by atoms with Crippen molar-refractivity contribution in [3.05, 3.63) is 99.7 Å². The second-order valence-electron chi connectivity index (χ2n) is 9.75. The molecule has 1 saturated heterocycles. The fourth-order valence-electron chi connectivity index (χ4n) is 4.61. The summed E-state index contributed by atoms with van der Waals surface area (Å²) >= 11 is 5.68. The summed E-state index contributed by atoms with van der Waals surface area (Å²) in [6, 6.07) is 7.32. The number of nitrogens with zero attached hydrogens (tertiary/aromatic N) is 5. The molecule has 43 heavy (non-hydrogen) atoms. The molecule has 2 aromatic carbocycles. The van der Waals surface area contributed by atoms with Crippen molar-refractivity contribution in [2.45, 2.75) is 32.1 Å². The minimum absolute atomic E-state index is 0.0336. The van der Waals surface area contributed by atoms with E-state index < -0.39 is 41.7 Å². The van der Waals surface area contributed by atoms with E-state index in [0.717, 1.165) is 30.8 Å². The Bertz CT molecular complexity index is 1880. The maximum Gasteiger partial charge on any atom is 0.335 e. The lowest BCUT2D eigenvalue weighted by Crippen LogP contribution is -2.31. The van der Waals surface area contributed by atoms with Crippen LogP contribution >= 0.6 is 11.6 Å². The van der Waals surface area contributed by atoms with Crippen molar-refractivity contribution in [3.8, 4) is 17.3 Å². The highest BCUT2D eigenvalue weighted by molar-refractivity contribution is 6.30. The predicted molar refractivity (Wildman–Crippen MR) is 145 cm³/mol. The van der Waals surface area contributed by atoms with Crippen LogP contribution in [0.5, 0.6) is 5.88 Å². The second kappa shape index (κ2) is 11.6. The summed E-state index contributed by atoms with van der Waals surface area (Å²) in [6.45, 7) is 0.452. The van der Waals surface area contributed by atoms with Crippen LogP contribution in [0.25, 0.3) is 22.4 Å². The molecule has 4 heterocycles. The molecule has 9 nitrogen and oxygen atoms in total. The van der Waals surface area contributed by atoms with E-state index >= 15 is 8.78 Å². The number of carboxylic acids is 1. The van der Waals surface area contributed by atoms with Crippen LogP contribution in [0.1, 0.15) is 33.9 Å². The number of hydrogen-bond acceptors (Lipinski definition) is 7. The molecule has 5 aromatic rings. The molecule has 1 aliphatic rings. The molecule has 0 aliphatic carbocycles. The Labute approximate surface area is 245 Å². The topological polar surface area (TPSA) is 112 Å². The Kier molecular flexibility index (Phi) is 7.67. The van der Waals surface area contributed by atoms with E-state index in [9.17, 15) is 18.7 Å². The van der Waals surface area contributed by atoms with Crippen LogP contribution in [0.15, 0.2) is 48.8 Å². The van der Waals surface area contributed by atoms with Gasteiger partial charge < -0.3 is 19.1 Å². The first-order valence-corrected chi connectivity index (χ1v) is 13.3. The number of ether oxygens (including phenoxy) is 2. The molecule has 14 heteroatoms. The molecule has 1 aliphatic heterocycles. The van der Waals surface area contributed by atoms with Crippen LogP contribution in [0, 0.1) is 23.3 Å². The molecule has 0 saturated carbocycles. The first-order chi connectivity index (χ1) is 20.7. The minimum atomic E-state index is -1.11. The van der Waals surface area contributed by atoms with Crippen molar-refractivity contribution in [1.29, 1.82) is 0 Å². The van der Waals surface area contributed by atoms with Crippen molar-refractivity contribution in [3.63, 3.8) is 0 Å². The number of aromatic nitrogens is 5. The summed E-state index contributed by atoms with van der Waals surface area (Å²) in [7, 11) is 0. The largest absolute Gasteiger partial charge is 0.478 e. The van der Waals surface area contributed by atoms with Gasteiger partial charge in [0.25, 0.3) is 5.88 Å². The van der Waals surface area contributed by atoms with Gasteiger partial charge in [0, 0.05) is 19.2 Å². The number of carbonyl (C=O) groups is 1. The molecule has 0 amide bonds. The van der Waals surface area contributed by atoms with E-state index in [-0.39, 0.29) is 45.8 Å². The minimum Gasteiger partial charge on any atom is -0.478 e. The standard InChI is InChI=1S/C29H20ClF4N5O4/c30-16-8-21(33)24(35-10-16)13-43-28-22(34)11-36-27(38-28)18-9-19(31)15(5-20(18)32)7-26-37-23-2-1-14(29(40)41)6-25(23)39(26)12-17-3-4-42-17/h1-2,5-6,8-11,17H,3-4,7,12-13H2,(H,40,41). The first-order valence-electron chi connectivity index (χ1n) is 12.9. The predicted octanol–water partition coefficient (Wildman–Crippen LogP) is 5.76. The third-order valence-electron chi connectivity index (χ3n) is 6.92. The van der Waals surface area contributed by atoms with E-state index in [1.807, 2.05) is 0 Å². The lowest BCUT2D eigenvalue weighted by Gasteiger charge is -2.27. The van der Waals surface area contributed by atoms with Crippen LogP contribution in [-0.2, 0) is 24.3 Å². The summed E-state index contributed by atoms with van der Waals surface area (Å²) in [6.07, 6.45) is 2.47. The maximum absolute atomic E-state index is 15.4. The number of benzene rings is 2. The Morgan fingerprint density at radius 1 is 1.02 bits per heavy atom. The number of hydrogen-bond donors (Lipinski definition) is 1. The smallest absolute Gasteiger partial charge is 0.335 e. The number of imidazole rings is 1. The van der Waals surface area contributed by atoms with Crippen molar-refractivity contribution in [1.82, 2.24) is 24.5 Å². The molecule has 1 fully saturated rings. The Morgan fingerprint density at radius 2 is 1.84 bits per heavy atom. The summed E-state index contributed by atoms with van der Waals surface area (Å²) < 4.78 is 71.7. The van der Waals surface area contributed by atoms with Gasteiger partial charge in [0.2, 0.25) is 5.82 Å². The van der Waals surface area contributed by atoms with Gasteiger partial charge in [-0.1, -0.05) is 11.6 Å². The zero-order chi connectivity index (χ0) is 30.2. The highest BCUT2D eigenvalue weighted by Crippen LogP contribution is 2.29. The maximum atomic E-state index is 15.4. The monoisotopic (exact) mass is 613 g/mol. The number of aromatic carboxylic acids is 1. The van der Waals surface area contributed by atoms with Crippen molar-refractivity contribution in [2.75, 3.05) is 6.61 Å². The SMILES string of the molecule is O=C(O)c1ccc2nc(Cc3cc(F)c(-c4ncc(F)c(OCc5ncc(Cl)cc5F)n4)cc3F)n(CC3CCO3)c2c1. The molecule has 0 spiro atoms. The van der Waals surface area contributed by atoms with Crippen LogP contribution in [0.3, 0.4) is 0 Å². The molecular formula is C29H20ClF4N5O4. The van der Waals surface area contributed by atoms with Crippen molar-refractivity contribution < 1.29 is 36.9 Å². The molecular weight excluding hydrogens is 594 g/mol. The molecule has 220 valence electrons. The van der Waals surface area contributed by atoms with Crippen LogP contribution in [-0.4, -0.2) is 48.3 Å². The van der Waals surface area contributed by atoms with Gasteiger partial charge in [-0.3, -0.25) is 4.98 Å². The van der Waals surface area contributed by atoms with Gasteiger partial charge in [-0.25, -0.2) is 27.9 Å². The number of fused-ring (bicyclic) bond motifs is 1. The van der Waals surface area contributed by atoms with Gasteiger partial charge in [-0.2, -0.15) is 9.37 Å². The van der Waals surface area contributed by atoms with Crippen LogP contribution in [0.4, 0.5) is 17.6 Å². The second-order valence-corrected chi connectivity index (χ2v) is 10.2. The van der Waals surface area contributed by atoms with Crippen molar-refractivity contribution in [2.24, 2.45) is 0 Å². The average molecular weight is 614 g/mol. The molecule has 1 N–H and O–H groups in total. The van der Waals surface area contributed by atoms with Gasteiger partial charge >= 0.3 is 5.97 Å². The lowest BCUT2D eigenvalue weighted by molar-refractivity contribution is -0.0589. The number of pyridine rings is 1. The highest BCUT2D eigenvalue weighted by Gasteiger charge is 2.24. The summed E-state index contributed by atoms with van der Waals surface area (Å²) in [5.74, 6) is -5.17. The van der Waals surface area contributed by atoms with Crippen molar-refractivity contribution >= 4 is 28.6 Å².